The van der Waals surface area contributed by atoms with Crippen molar-refractivity contribution in [3.63, 3.8) is 0 Å². The zero-order valence-electron chi connectivity index (χ0n) is 13.1. The summed E-state index contributed by atoms with van der Waals surface area (Å²) < 4.78 is 23.5. The molecular formula is C16H14ClFN4O3. The van der Waals surface area contributed by atoms with Crippen molar-refractivity contribution in [1.82, 2.24) is 20.4 Å². The third-order valence-electron chi connectivity index (χ3n) is 3.33. The van der Waals surface area contributed by atoms with Crippen LogP contribution in [0.15, 0.2) is 41.2 Å². The molecule has 130 valence electrons. The minimum Gasteiger partial charge on any atom is -0.484 e. The van der Waals surface area contributed by atoms with Gasteiger partial charge in [-0.3, -0.25) is 4.79 Å². The second-order valence-electron chi connectivity index (χ2n) is 5.21. The number of carbonyl (C=O) groups excluding carboxylic acids is 1. The molecule has 1 amide bonds. The Kier molecular flexibility index (Phi) is 4.99. The molecular weight excluding hydrogens is 351 g/mol. The van der Waals surface area contributed by atoms with Crippen LogP contribution in [0.2, 0.25) is 5.02 Å². The lowest BCUT2D eigenvalue weighted by atomic mass is 10.3. The van der Waals surface area contributed by atoms with Crippen molar-refractivity contribution in [1.29, 1.82) is 0 Å². The Labute approximate surface area is 147 Å². The van der Waals surface area contributed by atoms with Crippen molar-refractivity contribution < 1.29 is 18.4 Å². The largest absolute Gasteiger partial charge is 0.484 e. The van der Waals surface area contributed by atoms with Gasteiger partial charge in [-0.15, -0.1) is 0 Å². The van der Waals surface area contributed by atoms with Gasteiger partial charge < -0.3 is 19.6 Å². The summed E-state index contributed by atoms with van der Waals surface area (Å²) in [5, 5.41) is 6.59. The number of aromatic nitrogens is 3. The number of rotatable bonds is 6. The van der Waals surface area contributed by atoms with E-state index in [0.29, 0.717) is 17.3 Å². The van der Waals surface area contributed by atoms with Crippen molar-refractivity contribution in [2.75, 3.05) is 0 Å². The Balaban J connectivity index is 1.59. The van der Waals surface area contributed by atoms with Gasteiger partial charge in [0.2, 0.25) is 0 Å². The van der Waals surface area contributed by atoms with Crippen LogP contribution >= 0.6 is 11.6 Å². The first kappa shape index (κ1) is 17.0. The highest BCUT2D eigenvalue weighted by Gasteiger charge is 2.17. The van der Waals surface area contributed by atoms with Crippen LogP contribution in [0.25, 0.3) is 0 Å². The van der Waals surface area contributed by atoms with Crippen molar-refractivity contribution >= 4 is 17.5 Å². The van der Waals surface area contributed by atoms with Crippen molar-refractivity contribution in [2.24, 2.45) is 0 Å². The van der Waals surface area contributed by atoms with Crippen LogP contribution in [0, 0.1) is 5.82 Å². The van der Waals surface area contributed by atoms with Crippen molar-refractivity contribution in [3.8, 4) is 5.75 Å². The average molecular weight is 365 g/mol. The van der Waals surface area contributed by atoms with Gasteiger partial charge in [0.05, 0.1) is 11.1 Å². The summed E-state index contributed by atoms with van der Waals surface area (Å²) in [7, 11) is 0. The van der Waals surface area contributed by atoms with Gasteiger partial charge in [0.1, 0.15) is 24.0 Å². The summed E-state index contributed by atoms with van der Waals surface area (Å²) in [6.45, 7) is 1.79. The van der Waals surface area contributed by atoms with E-state index in [-0.39, 0.29) is 23.4 Å². The maximum absolute atomic E-state index is 13.0. The van der Waals surface area contributed by atoms with Crippen molar-refractivity contribution in [2.45, 2.75) is 19.6 Å². The fourth-order valence-electron chi connectivity index (χ4n) is 2.08. The summed E-state index contributed by atoms with van der Waals surface area (Å²) in [6, 6.07) is 4.94. The lowest BCUT2D eigenvalue weighted by Crippen LogP contribution is -2.27. The van der Waals surface area contributed by atoms with E-state index in [4.69, 9.17) is 20.9 Å². The molecule has 0 bridgehead atoms. The summed E-state index contributed by atoms with van der Waals surface area (Å²) >= 11 is 5.87. The molecule has 0 saturated carbocycles. The molecule has 2 heterocycles. The predicted octanol–water partition coefficient (Wildman–Crippen LogP) is 3.26. The quantitative estimate of drug-likeness (QED) is 0.700. The molecule has 9 heteroatoms. The van der Waals surface area contributed by atoms with E-state index in [9.17, 15) is 9.18 Å². The van der Waals surface area contributed by atoms with Gasteiger partial charge in [0.25, 0.3) is 5.91 Å². The molecule has 1 atom stereocenters. The second-order valence-corrected chi connectivity index (χ2v) is 5.62. The monoisotopic (exact) mass is 364 g/mol. The highest BCUT2D eigenvalue weighted by atomic mass is 35.5. The molecule has 25 heavy (non-hydrogen) atoms. The Hall–Kier alpha value is -2.87. The molecule has 3 rings (SSSR count). The van der Waals surface area contributed by atoms with Gasteiger partial charge in [0.15, 0.2) is 11.5 Å². The minimum absolute atomic E-state index is 0.000625. The summed E-state index contributed by atoms with van der Waals surface area (Å²) in [5.41, 5.74) is 0.113. The fourth-order valence-corrected chi connectivity index (χ4v) is 2.30. The van der Waals surface area contributed by atoms with E-state index in [1.807, 2.05) is 0 Å². The van der Waals surface area contributed by atoms with Gasteiger partial charge in [-0.2, -0.15) is 0 Å². The van der Waals surface area contributed by atoms with Crippen LogP contribution in [0.4, 0.5) is 4.39 Å². The number of carbonyl (C=O) groups is 1. The number of H-pyrrole nitrogens is 1. The van der Waals surface area contributed by atoms with Crippen LogP contribution in [-0.4, -0.2) is 21.0 Å². The molecule has 0 saturated heterocycles. The number of hydrogen-bond donors (Lipinski definition) is 2. The predicted molar refractivity (Wildman–Crippen MR) is 86.7 cm³/mol. The highest BCUT2D eigenvalue weighted by Crippen LogP contribution is 2.25. The number of benzene rings is 1. The van der Waals surface area contributed by atoms with Gasteiger partial charge >= 0.3 is 0 Å². The zero-order valence-corrected chi connectivity index (χ0v) is 13.9. The summed E-state index contributed by atoms with van der Waals surface area (Å²) in [5.74, 6) is 0.403. The number of amides is 1. The third-order valence-corrected chi connectivity index (χ3v) is 3.63. The number of hydrogen-bond acceptors (Lipinski definition) is 5. The molecule has 1 aromatic carbocycles. The number of nitrogens with one attached hydrogen (secondary N) is 2. The van der Waals surface area contributed by atoms with Crippen LogP contribution in [0.1, 0.15) is 35.0 Å². The maximum Gasteiger partial charge on any atom is 0.274 e. The molecule has 0 aliphatic carbocycles. The Morgan fingerprint density at radius 1 is 1.48 bits per heavy atom. The van der Waals surface area contributed by atoms with Crippen LogP contribution in [-0.2, 0) is 6.61 Å². The normalized spacial score (nSPS) is 12.0. The fraction of sp³-hybridized carbons (Fsp3) is 0.188. The Morgan fingerprint density at radius 3 is 3.04 bits per heavy atom. The van der Waals surface area contributed by atoms with Gasteiger partial charge in [-0.1, -0.05) is 16.8 Å². The molecule has 0 fully saturated rings. The van der Waals surface area contributed by atoms with Crippen molar-refractivity contribution in [3.05, 3.63) is 64.8 Å². The second kappa shape index (κ2) is 7.35. The van der Waals surface area contributed by atoms with E-state index >= 15 is 0 Å². The summed E-state index contributed by atoms with van der Waals surface area (Å²) in [4.78, 5) is 19.1. The first-order chi connectivity index (χ1) is 12.0. The third kappa shape index (κ3) is 4.16. The lowest BCUT2D eigenvalue weighted by molar-refractivity contribution is 0.0929. The highest BCUT2D eigenvalue weighted by molar-refractivity contribution is 6.32. The molecule has 0 unspecified atom stereocenters. The number of ether oxygens (including phenoxy) is 1. The molecule has 0 aliphatic rings. The lowest BCUT2D eigenvalue weighted by Gasteiger charge is -2.09. The van der Waals surface area contributed by atoms with Gasteiger partial charge in [-0.25, -0.2) is 9.37 Å². The van der Waals surface area contributed by atoms with Crippen LogP contribution in [0.3, 0.4) is 0 Å². The molecule has 0 aliphatic heterocycles. The SMILES string of the molecule is C[C@@H](NC(=O)c1cc(COc2ccc(F)cc2Cl)on1)c1ncc[nH]1. The van der Waals surface area contributed by atoms with E-state index in [1.54, 1.807) is 19.3 Å². The number of nitrogens with zero attached hydrogens (tertiary/aromatic N) is 2. The minimum atomic E-state index is -0.457. The Bertz CT molecular complexity index is 866. The van der Waals surface area contributed by atoms with Gasteiger partial charge in [-0.05, 0) is 25.1 Å². The molecule has 2 aromatic heterocycles. The van der Waals surface area contributed by atoms with Gasteiger partial charge in [0, 0.05) is 18.5 Å². The average Bonchev–Trinajstić information content (AvgIpc) is 3.26. The van der Waals surface area contributed by atoms with Crippen LogP contribution in [0.5, 0.6) is 5.75 Å². The van der Waals surface area contributed by atoms with E-state index in [2.05, 4.69) is 20.4 Å². The number of imidazole rings is 1. The molecule has 0 radical (unpaired) electrons. The number of aromatic amines is 1. The van der Waals surface area contributed by atoms with E-state index in [1.165, 1.54) is 18.2 Å². The smallest absolute Gasteiger partial charge is 0.274 e. The molecule has 3 aromatic rings. The topological polar surface area (TPSA) is 93.0 Å². The number of halogens is 2. The molecule has 7 nitrogen and oxygen atoms in total. The first-order valence-corrected chi connectivity index (χ1v) is 7.74. The zero-order chi connectivity index (χ0) is 17.8. The molecule has 2 N–H and O–H groups in total. The molecule has 0 spiro atoms. The maximum atomic E-state index is 13.0. The first-order valence-electron chi connectivity index (χ1n) is 7.36. The van der Waals surface area contributed by atoms with Crippen LogP contribution < -0.4 is 10.1 Å². The summed E-state index contributed by atoms with van der Waals surface area (Å²) in [6.07, 6.45) is 3.27. The van der Waals surface area contributed by atoms with E-state index < -0.39 is 11.7 Å². The Morgan fingerprint density at radius 2 is 2.32 bits per heavy atom. The van der Waals surface area contributed by atoms with E-state index in [0.717, 1.165) is 6.07 Å². The standard InChI is InChI=1S/C16H14ClFN4O3/c1-9(15-19-4-5-20-15)21-16(23)13-7-11(25-22-13)8-24-14-3-2-10(18)6-12(14)17/h2-7,9H,8H2,1H3,(H,19,20)(H,21,23)/t9-/m1/s1.